The van der Waals surface area contributed by atoms with E-state index in [0.717, 1.165) is 0 Å². The van der Waals surface area contributed by atoms with Gasteiger partial charge in [0.25, 0.3) is 11.8 Å². The third-order valence-electron chi connectivity index (χ3n) is 25.7. The highest BCUT2D eigenvalue weighted by Gasteiger charge is 2.66. The van der Waals surface area contributed by atoms with Gasteiger partial charge in [-0.05, 0) is 220 Å². The van der Waals surface area contributed by atoms with Crippen LogP contribution in [-0.4, -0.2) is 268 Å². The SMILES string of the molecule is CC1(C)O[C@H]2O[C@H](C(=O)Nc3cc(CO[C@H]4C([C@H]5COC(C)(C)O5)O[C@@H]5OC(C)(C)O[C@@H]54)cc(CO[C@H]4C([C@H]5COC(C)(C)O5)O[C@@H]5OC(C)(C)O[C@@H]54)c3)[C@H](OCc3cc(CO[C@@H]4[C@H]5OC(C)(C)O[C@H]5O[C@@H]4C(=O)Nc4cc(CO[C@H]5C([C@H]6COC(C)(C)O6)O[C@@H]6OC(C)(C)O[C@@H]65)cc(CO[C@H]5C([C@H]6COC(C)(C)O6)O[C@@H]6OC(C)(C)O[C@@H]65)c4)cc(NC([O-])=C4C=CC=C4)c3)[C@H]2O1. The van der Waals surface area contributed by atoms with E-state index in [1.54, 1.807) is 88.4 Å². The number of anilines is 3. The van der Waals surface area contributed by atoms with E-state index in [-0.39, 0.29) is 66.1 Å². The number of carbonyl (C=O) groups is 2. The zero-order valence-electron chi connectivity index (χ0n) is 78.0. The van der Waals surface area contributed by atoms with Crippen LogP contribution in [0.5, 0.6) is 0 Å². The van der Waals surface area contributed by atoms with E-state index in [4.69, 9.17) is 152 Å². The zero-order chi connectivity index (χ0) is 92.7. The number of allylic oxidation sites excluding steroid dienone is 5. The predicted octanol–water partition coefficient (Wildman–Crippen LogP) is 8.25. The van der Waals surface area contributed by atoms with Crippen LogP contribution in [0.2, 0.25) is 0 Å². The summed E-state index contributed by atoms with van der Waals surface area (Å²) in [5, 5.41) is 23.5. The number of rotatable bonds is 28. The summed E-state index contributed by atoms with van der Waals surface area (Å²) in [6, 6.07) is 16.4. The molecule has 132 heavy (non-hydrogen) atoms. The summed E-state index contributed by atoms with van der Waals surface area (Å²) < 4.78 is 207. The molecule has 3 N–H and O–H groups in total. The van der Waals surface area contributed by atoms with E-state index in [1.165, 1.54) is 0 Å². The average Bonchev–Trinajstić information content (AvgIpc) is 1.63. The van der Waals surface area contributed by atoms with Crippen molar-refractivity contribution in [3.05, 3.63) is 124 Å². The Labute approximate surface area is 766 Å². The molecular weight excluding hydrogens is 1730 g/mol. The van der Waals surface area contributed by atoms with Crippen LogP contribution in [0.15, 0.2) is 90.4 Å². The molecule has 38 nitrogen and oxygen atoms in total. The molecule has 16 saturated heterocycles. The monoisotopic (exact) mass is 1850 g/mol. The lowest BCUT2D eigenvalue weighted by Crippen LogP contribution is -2.44. The maximum Gasteiger partial charge on any atom is 0.256 e. The summed E-state index contributed by atoms with van der Waals surface area (Å²) in [6.45, 7) is 36.8. The first-order valence-electron chi connectivity index (χ1n) is 45.8. The number of hydrogen-bond donors (Lipinski definition) is 3. The van der Waals surface area contributed by atoms with Crippen LogP contribution in [0.25, 0.3) is 0 Å². The Balaban J connectivity index is 0.568. The lowest BCUT2D eigenvalue weighted by Gasteiger charge is -2.29. The van der Waals surface area contributed by atoms with E-state index in [0.29, 0.717) is 56.0 Å². The molecule has 726 valence electrons. The van der Waals surface area contributed by atoms with Crippen molar-refractivity contribution < 1.29 is 166 Å². The van der Waals surface area contributed by atoms with Gasteiger partial charge in [0.05, 0.1) is 66.1 Å². The largest absolute Gasteiger partial charge is 0.860 e. The fourth-order valence-corrected chi connectivity index (χ4v) is 20.5. The predicted molar refractivity (Wildman–Crippen MR) is 449 cm³/mol. The number of carbonyl (C=O) groups excluding carboxylic acids is 2. The van der Waals surface area contributed by atoms with Gasteiger partial charge in [-0.3, -0.25) is 9.59 Å². The summed E-state index contributed by atoms with van der Waals surface area (Å²) in [6.07, 6.45) is -15.1. The lowest BCUT2D eigenvalue weighted by molar-refractivity contribution is -0.300. The maximum atomic E-state index is 15.5. The van der Waals surface area contributed by atoms with Crippen molar-refractivity contribution in [2.24, 2.45) is 0 Å². The summed E-state index contributed by atoms with van der Waals surface area (Å²) in [5.41, 5.74) is 5.04. The normalized spacial score (nSPS) is 40.3. The summed E-state index contributed by atoms with van der Waals surface area (Å²) in [4.78, 5) is 31.0. The van der Waals surface area contributed by atoms with Crippen molar-refractivity contribution in [2.45, 2.75) is 408 Å². The van der Waals surface area contributed by atoms with Crippen LogP contribution in [0.1, 0.15) is 172 Å². The molecule has 2 amide bonds. The second-order valence-corrected chi connectivity index (χ2v) is 41.2. The molecule has 0 aromatic heterocycles. The van der Waals surface area contributed by atoms with Crippen molar-refractivity contribution in [1.29, 1.82) is 0 Å². The zero-order valence-corrected chi connectivity index (χ0v) is 78.0. The minimum atomic E-state index is -1.36. The summed E-state index contributed by atoms with van der Waals surface area (Å²) in [5.74, 6) is -11.3. The lowest BCUT2D eigenvalue weighted by atomic mass is 10.0. The third-order valence-corrected chi connectivity index (χ3v) is 25.7. The number of amides is 2. The van der Waals surface area contributed by atoms with Crippen molar-refractivity contribution in [3.63, 3.8) is 0 Å². The van der Waals surface area contributed by atoms with Gasteiger partial charge in [-0.2, -0.15) is 0 Å². The molecule has 3 aromatic rings. The summed E-state index contributed by atoms with van der Waals surface area (Å²) >= 11 is 0. The Kier molecular flexibility index (Phi) is 24.8. The minimum Gasteiger partial charge on any atom is -0.860 e. The molecule has 17 aliphatic rings. The Morgan fingerprint density at radius 2 is 0.500 bits per heavy atom. The van der Waals surface area contributed by atoms with E-state index >= 15 is 9.59 Å². The molecule has 16 heterocycles. The van der Waals surface area contributed by atoms with E-state index in [1.807, 2.05) is 129 Å². The van der Waals surface area contributed by atoms with Gasteiger partial charge in [0.2, 0.25) is 0 Å². The van der Waals surface area contributed by atoms with E-state index in [9.17, 15) is 5.11 Å². The first kappa shape index (κ1) is 93.8. The fraction of sp³-hybridized carbons (Fsp3) is 0.723. The minimum absolute atomic E-state index is 0.0141. The van der Waals surface area contributed by atoms with Crippen LogP contribution in [-0.2, 0) is 201 Å². The molecule has 3 aromatic carbocycles. The maximum absolute atomic E-state index is 15.5. The highest BCUT2D eigenvalue weighted by molar-refractivity contribution is 5.96. The average molecular weight is 1860 g/mol. The quantitative estimate of drug-likeness (QED) is 0.0576. The molecule has 0 radical (unpaired) electrons. The second-order valence-electron chi connectivity index (χ2n) is 41.2. The van der Waals surface area contributed by atoms with Crippen LogP contribution in [0.4, 0.5) is 17.1 Å². The first-order valence-corrected chi connectivity index (χ1v) is 45.8. The van der Waals surface area contributed by atoms with Gasteiger partial charge in [-0.15, -0.1) is 0 Å². The smallest absolute Gasteiger partial charge is 0.256 e. The topological polar surface area (TPSA) is 389 Å². The molecule has 16 aliphatic heterocycles. The summed E-state index contributed by atoms with van der Waals surface area (Å²) in [7, 11) is 0. The van der Waals surface area contributed by atoms with Crippen LogP contribution >= 0.6 is 0 Å². The molecule has 0 bridgehead atoms. The van der Waals surface area contributed by atoms with Crippen molar-refractivity contribution in [3.8, 4) is 0 Å². The van der Waals surface area contributed by atoms with Gasteiger partial charge in [-0.1, -0.05) is 42.5 Å². The van der Waals surface area contributed by atoms with Gasteiger partial charge in [0, 0.05) is 17.1 Å². The Bertz CT molecular complexity index is 4410. The number of hydrogen-bond acceptors (Lipinski definition) is 36. The molecule has 1 aliphatic carbocycles. The molecular formula is C94H124N3O35-. The molecule has 28 atom stereocenters. The van der Waals surface area contributed by atoms with Crippen molar-refractivity contribution >= 4 is 28.9 Å². The highest BCUT2D eigenvalue weighted by Crippen LogP contribution is 2.50. The van der Waals surface area contributed by atoms with Crippen molar-refractivity contribution in [1.82, 2.24) is 0 Å². The molecule has 0 saturated carbocycles. The van der Waals surface area contributed by atoms with Gasteiger partial charge in [0.1, 0.15) is 122 Å². The fourth-order valence-electron chi connectivity index (χ4n) is 20.5. The van der Waals surface area contributed by atoms with Crippen LogP contribution in [0, 0.1) is 0 Å². The van der Waals surface area contributed by atoms with Crippen LogP contribution < -0.4 is 21.1 Å². The number of ether oxygens (including phenoxy) is 32. The van der Waals surface area contributed by atoms with E-state index in [2.05, 4.69) is 16.0 Å². The van der Waals surface area contributed by atoms with Gasteiger partial charge in [0.15, 0.2) is 108 Å². The van der Waals surface area contributed by atoms with Gasteiger partial charge < -0.3 is 173 Å². The number of nitrogens with one attached hydrogen (secondary N) is 3. The highest BCUT2D eigenvalue weighted by atomic mass is 16.9. The Morgan fingerprint density at radius 1 is 0.280 bits per heavy atom. The molecule has 38 heteroatoms. The standard InChI is InChI=1S/C94H125N3O35/c1-85(2)107-40-54(117-85)58-62(70-79(111-58)127-89(9,10)121-70)101-34-46-26-47(35-102-63-59(55-41-108-86(3,4)118-55)112-80-71(63)122-90(11,12)128-80)31-52(30-46)96-77(99)68-66(74-83(115-68)131-93(17,18)125-74)105-38-44-25-45(29-51(28-44)95-76(98)50-23-21-22-24-50)39-106-67-69(116-84-75(67)126-94(19,20)132-84)78(100)97-53-32-48(36-103-64-60(56-42-109-87(5,6)119-56)113-81-72(64)123-91(13,14)129-81)27-49(33-53)37-104-65-61(57-43-110-88(7,8)120-57)114-82-73(65)124-92(15,16)130-82/h21-33,54-75,79-84,95,98H,34-43H2,1-20H3,(H,96,99)(H,97,100)/p-1/t54-,55-,56-,57-,58?,59?,60?,61?,62+,63+,64+,65+,66+,67+,68+,69+,70-,71-,72-,73-,74-,75-,79-,80-,81-,82-,83-,84-/m1/s1. The molecule has 16 fully saturated rings. The first-order chi connectivity index (χ1) is 62.2. The van der Waals surface area contributed by atoms with Crippen LogP contribution in [0.3, 0.4) is 0 Å². The number of fused-ring (bicyclic) bond motifs is 6. The van der Waals surface area contributed by atoms with Crippen molar-refractivity contribution in [2.75, 3.05) is 42.4 Å². The Morgan fingerprint density at radius 3 is 0.735 bits per heavy atom. The van der Waals surface area contributed by atoms with E-state index < -0.39 is 248 Å². The number of benzene rings is 3. The van der Waals surface area contributed by atoms with Gasteiger partial charge >= 0.3 is 0 Å². The molecule has 4 unspecified atom stereocenters. The van der Waals surface area contributed by atoms with Gasteiger partial charge in [-0.25, -0.2) is 0 Å². The third kappa shape index (κ3) is 20.0. The molecule has 20 rings (SSSR count). The second kappa shape index (κ2) is 34.9. The molecule has 0 spiro atoms. The Hall–Kier alpha value is -5.86.